The Bertz CT molecular complexity index is 83.1. The molecule has 0 aromatic heterocycles. The van der Waals surface area contributed by atoms with Gasteiger partial charge in [0.25, 0.3) is 0 Å². The molecule has 0 N–H and O–H groups in total. The molecule has 1 fully saturated rings. The molecule has 54 valence electrons. The molecule has 1 rings (SSSR count). The molecule has 0 saturated carbocycles. The van der Waals surface area contributed by atoms with Crippen LogP contribution in [0.3, 0.4) is 0 Å². The molecule has 0 radical (unpaired) electrons. The minimum Gasteiger partial charge on any atom is -0.382 e. The summed E-state index contributed by atoms with van der Waals surface area (Å²) in [7, 11) is 1.68. The van der Waals surface area contributed by atoms with Gasteiger partial charge in [-0.05, 0) is 6.92 Å². The van der Waals surface area contributed by atoms with Crippen LogP contribution in [0.4, 0.5) is 0 Å². The minimum absolute atomic E-state index is 0.206. The molecule has 9 heavy (non-hydrogen) atoms. The monoisotopic (exact) mass is 131 g/mol. The molecule has 0 bridgehead atoms. The van der Waals surface area contributed by atoms with E-state index < -0.39 is 0 Å². The van der Waals surface area contributed by atoms with Crippen molar-refractivity contribution >= 4 is 0 Å². The van der Waals surface area contributed by atoms with Crippen molar-refractivity contribution in [1.82, 2.24) is 5.06 Å². The normalized spacial score (nSPS) is 22.0. The fourth-order valence-electron chi connectivity index (χ4n) is 0.666. The summed E-state index contributed by atoms with van der Waals surface area (Å²) < 4.78 is 4.88. The highest BCUT2D eigenvalue weighted by atomic mass is 16.7. The quantitative estimate of drug-likeness (QED) is 0.511. The summed E-state index contributed by atoms with van der Waals surface area (Å²) in [5.74, 6) is 0. The van der Waals surface area contributed by atoms with E-state index in [1.165, 1.54) is 0 Å². The van der Waals surface area contributed by atoms with Crippen molar-refractivity contribution in [1.29, 1.82) is 0 Å². The summed E-state index contributed by atoms with van der Waals surface area (Å²) in [6.45, 7) is 4.83. The van der Waals surface area contributed by atoms with Crippen LogP contribution in [0.1, 0.15) is 6.92 Å². The predicted octanol–water partition coefficient (Wildman–Crippen LogP) is 0.269. The molecule has 0 unspecified atom stereocenters. The van der Waals surface area contributed by atoms with E-state index in [1.807, 2.05) is 12.0 Å². The average molecular weight is 131 g/mol. The van der Waals surface area contributed by atoms with Crippen LogP contribution >= 0.6 is 0 Å². The Morgan fingerprint density at radius 3 is 2.67 bits per heavy atom. The van der Waals surface area contributed by atoms with Crippen LogP contribution in [-0.2, 0) is 9.57 Å². The van der Waals surface area contributed by atoms with E-state index in [0.717, 1.165) is 13.1 Å². The van der Waals surface area contributed by atoms with Gasteiger partial charge < -0.3 is 4.74 Å². The van der Waals surface area contributed by atoms with E-state index in [-0.39, 0.29) is 6.10 Å². The van der Waals surface area contributed by atoms with Crippen LogP contribution in [0.5, 0.6) is 0 Å². The summed E-state index contributed by atoms with van der Waals surface area (Å²) in [4.78, 5) is 5.31. The Morgan fingerprint density at radius 2 is 2.22 bits per heavy atom. The number of hydrogen-bond donors (Lipinski definition) is 0. The van der Waals surface area contributed by atoms with Gasteiger partial charge in [-0.2, -0.15) is 5.06 Å². The third-order valence-corrected chi connectivity index (χ3v) is 1.14. The van der Waals surface area contributed by atoms with Crippen LogP contribution in [-0.4, -0.2) is 38.0 Å². The molecular weight excluding hydrogens is 118 g/mol. The number of ether oxygens (including phenoxy) is 1. The first kappa shape index (κ1) is 6.99. The van der Waals surface area contributed by atoms with Crippen molar-refractivity contribution in [3.8, 4) is 0 Å². The average Bonchev–Trinajstić information content (AvgIpc) is 2.50. The summed E-state index contributed by atoms with van der Waals surface area (Å²) in [6.07, 6.45) is 0.206. The minimum atomic E-state index is 0.206. The van der Waals surface area contributed by atoms with Crippen LogP contribution in [0.2, 0.25) is 0 Å². The lowest BCUT2D eigenvalue weighted by Gasteiger charge is -2.10. The largest absolute Gasteiger partial charge is 0.382 e. The lowest BCUT2D eigenvalue weighted by molar-refractivity contribution is -0.128. The van der Waals surface area contributed by atoms with E-state index in [0.29, 0.717) is 6.61 Å². The molecular formula is C6H13NO2. The van der Waals surface area contributed by atoms with E-state index in [9.17, 15) is 0 Å². The molecule has 1 heterocycles. The molecule has 1 aliphatic heterocycles. The van der Waals surface area contributed by atoms with Gasteiger partial charge in [0.2, 0.25) is 0 Å². The lowest BCUT2D eigenvalue weighted by Crippen LogP contribution is -2.17. The predicted molar refractivity (Wildman–Crippen MR) is 34.0 cm³/mol. The van der Waals surface area contributed by atoms with Crippen molar-refractivity contribution in [2.24, 2.45) is 0 Å². The number of nitrogens with zero attached hydrogens (tertiary/aromatic N) is 1. The third kappa shape index (κ3) is 2.79. The SMILES string of the molecule is COC[C@H](C)ON1CC1. The standard InChI is InChI=1S/C6H13NO2/c1-6(5-8-2)9-7-3-4-7/h6H,3-5H2,1-2H3/t6-/m0/s1. The zero-order valence-electron chi connectivity index (χ0n) is 5.96. The first-order valence-electron chi connectivity index (χ1n) is 3.23. The molecule has 0 amide bonds. The fraction of sp³-hybridized carbons (Fsp3) is 1.00. The zero-order chi connectivity index (χ0) is 6.69. The maximum absolute atomic E-state index is 5.31. The van der Waals surface area contributed by atoms with E-state index >= 15 is 0 Å². The van der Waals surface area contributed by atoms with Gasteiger partial charge in [-0.1, -0.05) is 0 Å². The number of methoxy groups -OCH3 is 1. The molecule has 0 aromatic rings. The Labute approximate surface area is 55.5 Å². The van der Waals surface area contributed by atoms with Crippen LogP contribution in [0.25, 0.3) is 0 Å². The van der Waals surface area contributed by atoms with Gasteiger partial charge in [0, 0.05) is 20.2 Å². The van der Waals surface area contributed by atoms with Crippen molar-refractivity contribution in [3.05, 3.63) is 0 Å². The van der Waals surface area contributed by atoms with Gasteiger partial charge in [0.15, 0.2) is 0 Å². The lowest BCUT2D eigenvalue weighted by atomic mass is 10.4. The Balaban J connectivity index is 1.95. The first-order valence-corrected chi connectivity index (χ1v) is 3.23. The van der Waals surface area contributed by atoms with Crippen LogP contribution < -0.4 is 0 Å². The molecule has 3 nitrogen and oxygen atoms in total. The van der Waals surface area contributed by atoms with Crippen LogP contribution in [0.15, 0.2) is 0 Å². The molecule has 1 saturated heterocycles. The second-order valence-corrected chi connectivity index (χ2v) is 2.30. The second kappa shape index (κ2) is 3.15. The maximum atomic E-state index is 5.31. The molecule has 1 atom stereocenters. The summed E-state index contributed by atoms with van der Waals surface area (Å²) in [5.41, 5.74) is 0. The number of hydrogen-bond acceptors (Lipinski definition) is 3. The Hall–Kier alpha value is -0.120. The molecule has 3 heteroatoms. The van der Waals surface area contributed by atoms with Gasteiger partial charge in [0.05, 0.1) is 12.7 Å². The molecule has 0 aliphatic carbocycles. The van der Waals surface area contributed by atoms with Gasteiger partial charge in [-0.3, -0.25) is 4.84 Å². The number of rotatable bonds is 4. The number of hydroxylamine groups is 2. The molecule has 1 aliphatic rings. The Morgan fingerprint density at radius 1 is 1.56 bits per heavy atom. The molecule has 0 spiro atoms. The van der Waals surface area contributed by atoms with E-state index in [4.69, 9.17) is 9.57 Å². The zero-order valence-corrected chi connectivity index (χ0v) is 5.96. The van der Waals surface area contributed by atoms with Gasteiger partial charge in [-0.25, -0.2) is 0 Å². The summed E-state index contributed by atoms with van der Waals surface area (Å²) in [5, 5.41) is 1.92. The van der Waals surface area contributed by atoms with Gasteiger partial charge in [-0.15, -0.1) is 0 Å². The van der Waals surface area contributed by atoms with Gasteiger partial charge in [0.1, 0.15) is 0 Å². The first-order chi connectivity index (χ1) is 4.33. The highest BCUT2D eigenvalue weighted by Gasteiger charge is 2.20. The highest BCUT2D eigenvalue weighted by Crippen LogP contribution is 2.06. The van der Waals surface area contributed by atoms with E-state index in [1.54, 1.807) is 7.11 Å². The smallest absolute Gasteiger partial charge is 0.0997 e. The van der Waals surface area contributed by atoms with Crippen molar-refractivity contribution in [2.75, 3.05) is 26.8 Å². The Kier molecular flexibility index (Phi) is 2.45. The van der Waals surface area contributed by atoms with Crippen molar-refractivity contribution in [3.63, 3.8) is 0 Å². The summed E-state index contributed by atoms with van der Waals surface area (Å²) in [6, 6.07) is 0. The van der Waals surface area contributed by atoms with Gasteiger partial charge >= 0.3 is 0 Å². The highest BCUT2D eigenvalue weighted by molar-refractivity contribution is 4.62. The van der Waals surface area contributed by atoms with Crippen molar-refractivity contribution < 1.29 is 9.57 Å². The fourth-order valence-corrected chi connectivity index (χ4v) is 0.666. The third-order valence-electron chi connectivity index (χ3n) is 1.14. The molecule has 0 aromatic carbocycles. The topological polar surface area (TPSA) is 21.5 Å². The maximum Gasteiger partial charge on any atom is 0.0997 e. The summed E-state index contributed by atoms with van der Waals surface area (Å²) >= 11 is 0. The van der Waals surface area contributed by atoms with E-state index in [2.05, 4.69) is 0 Å². The van der Waals surface area contributed by atoms with Crippen molar-refractivity contribution in [2.45, 2.75) is 13.0 Å². The van der Waals surface area contributed by atoms with Crippen LogP contribution in [0, 0.1) is 0 Å². The second-order valence-electron chi connectivity index (χ2n) is 2.30.